The van der Waals surface area contributed by atoms with E-state index in [0.29, 0.717) is 5.56 Å². The summed E-state index contributed by atoms with van der Waals surface area (Å²) in [4.78, 5) is 21.8. The molecule has 0 saturated carbocycles. The zero-order chi connectivity index (χ0) is 17.0. The maximum atomic E-state index is 11.9. The van der Waals surface area contributed by atoms with E-state index < -0.39 is 4.92 Å². The fraction of sp³-hybridized carbons (Fsp3) is 0.250. The third kappa shape index (κ3) is 4.26. The first kappa shape index (κ1) is 16.4. The maximum absolute atomic E-state index is 11.9. The monoisotopic (exact) mass is 315 g/mol. The molecule has 2 rings (SSSR count). The van der Waals surface area contributed by atoms with E-state index in [1.54, 1.807) is 12.1 Å². The van der Waals surface area contributed by atoms with E-state index in [-0.39, 0.29) is 23.0 Å². The maximum Gasteiger partial charge on any atom is 0.433 e. The molecule has 1 N–H and O–H groups in total. The Bertz CT molecular complexity index is 739. The Kier molecular flexibility index (Phi) is 4.59. The Labute approximate surface area is 133 Å². The Morgan fingerprint density at radius 2 is 1.87 bits per heavy atom. The summed E-state index contributed by atoms with van der Waals surface area (Å²) in [5, 5.41) is 14.2. The molecule has 1 aromatic heterocycles. The number of carbonyl (C=O) groups excluding carboxylic acids is 1. The second-order valence-corrected chi connectivity index (χ2v) is 5.96. The van der Waals surface area contributed by atoms with Crippen LogP contribution in [0.25, 0.3) is 0 Å². The molecule has 0 unspecified atom stereocenters. The van der Waals surface area contributed by atoms with Crippen molar-refractivity contribution < 1.29 is 14.1 Å². The summed E-state index contributed by atoms with van der Waals surface area (Å²) in [6, 6.07) is 9.86. The second kappa shape index (κ2) is 6.43. The molecule has 7 nitrogen and oxygen atoms in total. The highest BCUT2D eigenvalue weighted by atomic mass is 16.6. The van der Waals surface area contributed by atoms with Gasteiger partial charge >= 0.3 is 5.88 Å². The van der Waals surface area contributed by atoms with Crippen molar-refractivity contribution in [2.45, 2.75) is 26.2 Å². The number of nitrogens with one attached hydrogen (secondary N) is 1. The summed E-state index contributed by atoms with van der Waals surface area (Å²) in [7, 11) is 0. The lowest BCUT2D eigenvalue weighted by Gasteiger charge is -2.18. The molecular formula is C16H17N3O4. The van der Waals surface area contributed by atoms with Crippen LogP contribution in [-0.2, 0) is 5.41 Å². The van der Waals surface area contributed by atoms with E-state index in [1.807, 2.05) is 12.1 Å². The van der Waals surface area contributed by atoms with Gasteiger partial charge in [-0.15, -0.1) is 0 Å². The predicted octanol–water partition coefficient (Wildman–Crippen LogP) is 3.25. The summed E-state index contributed by atoms with van der Waals surface area (Å²) >= 11 is 0. The van der Waals surface area contributed by atoms with Gasteiger partial charge in [-0.1, -0.05) is 32.9 Å². The van der Waals surface area contributed by atoms with Gasteiger partial charge in [0.2, 0.25) is 0 Å². The largest absolute Gasteiger partial charge is 0.433 e. The zero-order valence-electron chi connectivity index (χ0n) is 13.1. The van der Waals surface area contributed by atoms with Crippen molar-refractivity contribution in [2.24, 2.45) is 5.10 Å². The van der Waals surface area contributed by atoms with E-state index >= 15 is 0 Å². The van der Waals surface area contributed by atoms with Crippen molar-refractivity contribution >= 4 is 18.0 Å². The van der Waals surface area contributed by atoms with Gasteiger partial charge in [0.1, 0.15) is 4.92 Å². The predicted molar refractivity (Wildman–Crippen MR) is 85.6 cm³/mol. The Morgan fingerprint density at radius 1 is 1.22 bits per heavy atom. The molecule has 1 heterocycles. The summed E-state index contributed by atoms with van der Waals surface area (Å²) in [5.41, 5.74) is 3.96. The number of carbonyl (C=O) groups is 1. The van der Waals surface area contributed by atoms with Crippen LogP contribution in [0.3, 0.4) is 0 Å². The highest BCUT2D eigenvalue weighted by Crippen LogP contribution is 2.22. The molecule has 0 aliphatic heterocycles. The average Bonchev–Trinajstić information content (AvgIpc) is 2.95. The normalized spacial score (nSPS) is 11.6. The molecule has 0 atom stereocenters. The average molecular weight is 315 g/mol. The second-order valence-electron chi connectivity index (χ2n) is 5.96. The van der Waals surface area contributed by atoms with Gasteiger partial charge < -0.3 is 4.42 Å². The first-order valence-electron chi connectivity index (χ1n) is 6.95. The van der Waals surface area contributed by atoms with Crippen LogP contribution in [0, 0.1) is 10.1 Å². The molecule has 0 aliphatic rings. The lowest BCUT2D eigenvalue weighted by atomic mass is 9.87. The molecule has 120 valence electrons. The van der Waals surface area contributed by atoms with Crippen LogP contribution < -0.4 is 5.43 Å². The Morgan fingerprint density at radius 3 is 2.39 bits per heavy atom. The van der Waals surface area contributed by atoms with Gasteiger partial charge in [0.15, 0.2) is 5.76 Å². The topological polar surface area (TPSA) is 97.7 Å². The van der Waals surface area contributed by atoms with Crippen LogP contribution in [-0.4, -0.2) is 17.0 Å². The zero-order valence-corrected chi connectivity index (χ0v) is 13.1. The van der Waals surface area contributed by atoms with Crippen molar-refractivity contribution in [3.8, 4) is 0 Å². The third-order valence-corrected chi connectivity index (χ3v) is 3.16. The molecule has 0 spiro atoms. The highest BCUT2D eigenvalue weighted by molar-refractivity contribution is 5.94. The van der Waals surface area contributed by atoms with Crippen molar-refractivity contribution in [3.05, 3.63) is 63.4 Å². The van der Waals surface area contributed by atoms with E-state index in [0.717, 1.165) is 5.56 Å². The summed E-state index contributed by atoms with van der Waals surface area (Å²) in [5.74, 6) is -0.571. The molecule has 0 fully saturated rings. The molecular weight excluding hydrogens is 298 g/mol. The number of amides is 1. The van der Waals surface area contributed by atoms with Crippen molar-refractivity contribution in [1.29, 1.82) is 0 Å². The number of nitro groups is 1. The van der Waals surface area contributed by atoms with E-state index in [1.165, 1.54) is 18.3 Å². The van der Waals surface area contributed by atoms with Gasteiger partial charge in [0.25, 0.3) is 5.91 Å². The molecule has 1 amide bonds. The Balaban J connectivity index is 1.98. The SMILES string of the molecule is CC(C)(C)c1ccc(C(=O)NN=Cc2ccc([N+](=O)[O-])o2)cc1. The van der Waals surface area contributed by atoms with Gasteiger partial charge in [-0.05, 0) is 29.2 Å². The molecule has 1 aromatic carbocycles. The van der Waals surface area contributed by atoms with Crippen LogP contribution in [0.1, 0.15) is 42.5 Å². The smallest absolute Gasteiger partial charge is 0.400 e. The number of benzene rings is 1. The minimum Gasteiger partial charge on any atom is -0.400 e. The van der Waals surface area contributed by atoms with Crippen LogP contribution >= 0.6 is 0 Å². The number of hydrogen-bond acceptors (Lipinski definition) is 5. The Hall–Kier alpha value is -2.96. The number of nitrogens with zero attached hydrogens (tertiary/aromatic N) is 2. The highest BCUT2D eigenvalue weighted by Gasteiger charge is 2.14. The quantitative estimate of drug-likeness (QED) is 0.532. The molecule has 0 saturated heterocycles. The summed E-state index contributed by atoms with van der Waals surface area (Å²) < 4.78 is 4.89. The number of hydrazone groups is 1. The molecule has 0 bridgehead atoms. The van der Waals surface area contributed by atoms with Crippen molar-refractivity contribution in [1.82, 2.24) is 5.43 Å². The minimum absolute atomic E-state index is 0.0150. The molecule has 7 heteroatoms. The van der Waals surface area contributed by atoms with Crippen LogP contribution in [0.5, 0.6) is 0 Å². The van der Waals surface area contributed by atoms with Crippen LogP contribution in [0.4, 0.5) is 5.88 Å². The fourth-order valence-corrected chi connectivity index (χ4v) is 1.85. The van der Waals surface area contributed by atoms with E-state index in [4.69, 9.17) is 4.42 Å². The van der Waals surface area contributed by atoms with E-state index in [2.05, 4.69) is 31.3 Å². The lowest BCUT2D eigenvalue weighted by molar-refractivity contribution is -0.402. The minimum atomic E-state index is -0.646. The number of hydrogen-bond donors (Lipinski definition) is 1. The number of rotatable bonds is 4. The summed E-state index contributed by atoms with van der Waals surface area (Å²) in [6.45, 7) is 6.28. The van der Waals surface area contributed by atoms with Crippen LogP contribution in [0.2, 0.25) is 0 Å². The molecule has 23 heavy (non-hydrogen) atoms. The molecule has 0 radical (unpaired) electrons. The lowest BCUT2D eigenvalue weighted by Crippen LogP contribution is -2.18. The standard InChI is InChI=1S/C16H17N3O4/c1-16(2,3)12-6-4-11(5-7-12)15(20)18-17-10-13-8-9-14(23-13)19(21)22/h4-10H,1-3H3,(H,18,20). The summed E-state index contributed by atoms with van der Waals surface area (Å²) in [6.07, 6.45) is 1.20. The molecule has 0 aliphatic carbocycles. The van der Waals surface area contributed by atoms with Gasteiger partial charge in [-0.2, -0.15) is 5.10 Å². The van der Waals surface area contributed by atoms with Crippen molar-refractivity contribution in [3.63, 3.8) is 0 Å². The van der Waals surface area contributed by atoms with Gasteiger partial charge in [-0.25, -0.2) is 5.43 Å². The number of furan rings is 1. The third-order valence-electron chi connectivity index (χ3n) is 3.16. The van der Waals surface area contributed by atoms with E-state index in [9.17, 15) is 14.9 Å². The van der Waals surface area contributed by atoms with Gasteiger partial charge in [-0.3, -0.25) is 14.9 Å². The van der Waals surface area contributed by atoms with Gasteiger partial charge in [0, 0.05) is 5.56 Å². The first-order valence-corrected chi connectivity index (χ1v) is 6.95. The fourth-order valence-electron chi connectivity index (χ4n) is 1.85. The first-order chi connectivity index (χ1) is 10.8. The van der Waals surface area contributed by atoms with Crippen molar-refractivity contribution in [2.75, 3.05) is 0 Å². The van der Waals surface area contributed by atoms with Gasteiger partial charge in [0.05, 0.1) is 12.3 Å². The van der Waals surface area contributed by atoms with Crippen LogP contribution in [0.15, 0.2) is 45.9 Å². The molecule has 2 aromatic rings.